The number of fused-ring (bicyclic) bond motifs is 1. The molecule has 0 saturated heterocycles. The highest BCUT2D eigenvalue weighted by Gasteiger charge is 2.69. The van der Waals surface area contributed by atoms with Gasteiger partial charge >= 0.3 is 6.18 Å². The minimum absolute atomic E-state index is 0.0420. The van der Waals surface area contributed by atoms with E-state index in [0.717, 1.165) is 18.3 Å². The maximum absolute atomic E-state index is 12.7. The lowest BCUT2D eigenvalue weighted by Crippen LogP contribution is -2.84. The van der Waals surface area contributed by atoms with E-state index in [0.29, 0.717) is 35.6 Å². The Bertz CT molecular complexity index is 1200. The highest BCUT2D eigenvalue weighted by molar-refractivity contribution is 6.31. The Labute approximate surface area is 202 Å². The molecule has 2 amide bonds. The van der Waals surface area contributed by atoms with E-state index in [1.165, 1.54) is 6.07 Å². The number of halogens is 4. The second-order valence-electron chi connectivity index (χ2n) is 9.17. The molecule has 1 aromatic carbocycles. The Morgan fingerprint density at radius 2 is 1.86 bits per heavy atom. The number of nitrogens with zero attached hydrogens (tertiary/aromatic N) is 1. The molecule has 2 bridgehead atoms. The van der Waals surface area contributed by atoms with E-state index in [-0.39, 0.29) is 24.6 Å². The normalized spacial score (nSPS) is 26.4. The van der Waals surface area contributed by atoms with Gasteiger partial charge in [-0.05, 0) is 49.6 Å². The van der Waals surface area contributed by atoms with Gasteiger partial charge in [0.15, 0.2) is 18.5 Å². The van der Waals surface area contributed by atoms with Gasteiger partial charge in [-0.3, -0.25) is 14.4 Å². The monoisotopic (exact) mass is 509 g/mol. The third-order valence-corrected chi connectivity index (χ3v) is 6.63. The number of carbonyl (C=O) groups excluding carboxylic acids is 3. The summed E-state index contributed by atoms with van der Waals surface area (Å²) in [6.45, 7) is -0.379. The van der Waals surface area contributed by atoms with Crippen LogP contribution in [0.5, 0.6) is 11.5 Å². The lowest BCUT2D eigenvalue weighted by Gasteiger charge is -2.70. The summed E-state index contributed by atoms with van der Waals surface area (Å²) in [6.07, 6.45) is -3.12. The van der Waals surface area contributed by atoms with Crippen LogP contribution in [-0.2, 0) is 15.8 Å². The van der Waals surface area contributed by atoms with Gasteiger partial charge in [0.25, 0.3) is 11.8 Å². The van der Waals surface area contributed by atoms with Crippen LogP contribution in [0.1, 0.15) is 41.7 Å². The lowest BCUT2D eigenvalue weighted by molar-refractivity contribution is -0.154. The summed E-state index contributed by atoms with van der Waals surface area (Å²) in [7, 11) is 0. The minimum atomic E-state index is -4.55. The average molecular weight is 510 g/mol. The first-order valence-electron chi connectivity index (χ1n) is 10.7. The number of pyridine rings is 1. The van der Waals surface area contributed by atoms with E-state index in [1.807, 2.05) is 0 Å². The molecule has 1 aromatic heterocycles. The number of ether oxygens (including phenoxy) is 2. The Hall–Kier alpha value is -3.34. The summed E-state index contributed by atoms with van der Waals surface area (Å²) in [5.74, 6) is -0.688. The predicted octanol–water partition coefficient (Wildman–Crippen LogP) is 3.07. The van der Waals surface area contributed by atoms with Crippen LogP contribution in [0.25, 0.3) is 0 Å². The van der Waals surface area contributed by atoms with Crippen molar-refractivity contribution in [1.82, 2.24) is 15.6 Å². The van der Waals surface area contributed by atoms with Gasteiger partial charge in [0.2, 0.25) is 0 Å². The van der Waals surface area contributed by atoms with Gasteiger partial charge < -0.3 is 20.1 Å². The number of nitrogens with one attached hydrogen (secondary N) is 2. The van der Waals surface area contributed by atoms with Crippen LogP contribution in [0.15, 0.2) is 36.5 Å². The second kappa shape index (κ2) is 8.11. The molecule has 0 unspecified atom stereocenters. The number of amides is 2. The third-order valence-electron chi connectivity index (χ3n) is 6.39. The smallest absolute Gasteiger partial charge is 0.433 e. The molecule has 8 nitrogen and oxygen atoms in total. The van der Waals surface area contributed by atoms with Gasteiger partial charge in [-0.25, -0.2) is 4.98 Å². The predicted molar refractivity (Wildman–Crippen MR) is 115 cm³/mol. The van der Waals surface area contributed by atoms with Crippen molar-refractivity contribution >= 4 is 29.2 Å². The summed E-state index contributed by atoms with van der Waals surface area (Å²) in [6, 6.07) is 6.53. The van der Waals surface area contributed by atoms with Crippen LogP contribution < -0.4 is 20.1 Å². The van der Waals surface area contributed by atoms with Crippen LogP contribution in [0, 0.1) is 0 Å². The van der Waals surface area contributed by atoms with Crippen LogP contribution in [-0.4, -0.2) is 46.4 Å². The summed E-state index contributed by atoms with van der Waals surface area (Å²) in [5, 5.41) is 6.20. The van der Waals surface area contributed by atoms with Crippen LogP contribution in [0.2, 0.25) is 5.02 Å². The Balaban J connectivity index is 1.08. The van der Waals surface area contributed by atoms with Gasteiger partial charge in [-0.15, -0.1) is 0 Å². The minimum Gasteiger partial charge on any atom is -0.482 e. The number of benzene rings is 1. The first kappa shape index (κ1) is 23.4. The van der Waals surface area contributed by atoms with Crippen molar-refractivity contribution in [3.05, 3.63) is 52.8 Å². The van der Waals surface area contributed by atoms with Gasteiger partial charge in [0.1, 0.15) is 17.2 Å². The van der Waals surface area contributed by atoms with Crippen molar-refractivity contribution in [3.63, 3.8) is 0 Å². The molecule has 3 fully saturated rings. The third kappa shape index (κ3) is 4.52. The number of ketones is 1. The number of rotatable bonds is 6. The summed E-state index contributed by atoms with van der Waals surface area (Å²) in [4.78, 5) is 40.6. The number of alkyl halides is 3. The molecule has 2 N–H and O–H groups in total. The van der Waals surface area contributed by atoms with Crippen LogP contribution >= 0.6 is 11.6 Å². The SMILES string of the molecule is O=C(COc1ccc(C(F)(F)F)nc1)NC12CC(NC(=O)[C@H]3CC(=O)c4cc(Cl)ccc4O3)(C1)C2. The lowest BCUT2D eigenvalue weighted by atomic mass is 9.44. The molecule has 2 aromatic rings. The van der Waals surface area contributed by atoms with Gasteiger partial charge in [-0.1, -0.05) is 11.6 Å². The molecular weight excluding hydrogens is 491 g/mol. The van der Waals surface area contributed by atoms with Crippen molar-refractivity contribution in [1.29, 1.82) is 0 Å². The Morgan fingerprint density at radius 3 is 2.51 bits per heavy atom. The molecule has 3 saturated carbocycles. The molecule has 2 heterocycles. The fourth-order valence-corrected chi connectivity index (χ4v) is 5.12. The number of carbonyl (C=O) groups is 3. The number of Topliss-reactive ketones (excluding diaryl/α,β-unsaturated/α-hetero) is 1. The maximum Gasteiger partial charge on any atom is 0.433 e. The topological polar surface area (TPSA) is 107 Å². The fourth-order valence-electron chi connectivity index (χ4n) is 4.95. The summed E-state index contributed by atoms with van der Waals surface area (Å²) < 4.78 is 48.6. The van der Waals surface area contributed by atoms with Crippen LogP contribution in [0.4, 0.5) is 13.2 Å². The van der Waals surface area contributed by atoms with Crippen molar-refractivity contribution in [2.45, 2.75) is 49.0 Å². The molecule has 0 radical (unpaired) electrons. The van der Waals surface area contributed by atoms with Crippen molar-refractivity contribution in [2.24, 2.45) is 0 Å². The molecule has 6 rings (SSSR count). The van der Waals surface area contributed by atoms with Crippen molar-refractivity contribution < 1.29 is 37.0 Å². The second-order valence-corrected chi connectivity index (χ2v) is 9.60. The molecule has 184 valence electrons. The van der Waals surface area contributed by atoms with Crippen molar-refractivity contribution in [2.75, 3.05) is 6.61 Å². The summed E-state index contributed by atoms with van der Waals surface area (Å²) in [5.41, 5.74) is -1.62. The van der Waals surface area contributed by atoms with Gasteiger partial charge in [-0.2, -0.15) is 13.2 Å². The summed E-state index contributed by atoms with van der Waals surface area (Å²) >= 11 is 5.92. The molecular formula is C23H19ClF3N3O5. The van der Waals surface area contributed by atoms with E-state index in [2.05, 4.69) is 15.6 Å². The standard InChI is InChI=1S/C23H19ClF3N3O5/c24-12-1-3-16-14(5-12)15(31)6-17(35-16)20(33)30-22-9-21(10-22,11-22)29-19(32)8-34-13-2-4-18(28-7-13)23(25,26)27/h1-5,7,17H,6,8-11H2,(H,29,32)(H,30,33)/t17-,21?,22?/m1/s1. The Kier molecular flexibility index (Phi) is 5.42. The molecule has 12 heteroatoms. The molecule has 1 aliphatic heterocycles. The zero-order valence-electron chi connectivity index (χ0n) is 18.1. The van der Waals surface area contributed by atoms with Crippen molar-refractivity contribution in [3.8, 4) is 11.5 Å². The van der Waals surface area contributed by atoms with E-state index in [1.54, 1.807) is 12.1 Å². The quantitative estimate of drug-likeness (QED) is 0.620. The highest BCUT2D eigenvalue weighted by Crippen LogP contribution is 2.60. The number of aromatic nitrogens is 1. The van der Waals surface area contributed by atoms with E-state index in [9.17, 15) is 27.6 Å². The fraction of sp³-hybridized carbons (Fsp3) is 0.391. The molecule has 35 heavy (non-hydrogen) atoms. The largest absolute Gasteiger partial charge is 0.482 e. The molecule has 4 aliphatic rings. The molecule has 3 aliphatic carbocycles. The van der Waals surface area contributed by atoms with Crippen LogP contribution in [0.3, 0.4) is 0 Å². The first-order valence-corrected chi connectivity index (χ1v) is 11.1. The van der Waals surface area contributed by atoms with Gasteiger partial charge in [0.05, 0.1) is 18.2 Å². The van der Waals surface area contributed by atoms with E-state index < -0.39 is 40.9 Å². The number of hydrogen-bond acceptors (Lipinski definition) is 6. The average Bonchev–Trinajstić information content (AvgIpc) is 2.75. The zero-order valence-corrected chi connectivity index (χ0v) is 18.8. The highest BCUT2D eigenvalue weighted by atomic mass is 35.5. The Morgan fingerprint density at radius 1 is 1.14 bits per heavy atom. The zero-order chi connectivity index (χ0) is 25.0. The van der Waals surface area contributed by atoms with E-state index in [4.69, 9.17) is 21.1 Å². The molecule has 1 atom stereocenters. The maximum atomic E-state index is 12.7. The van der Waals surface area contributed by atoms with Gasteiger partial charge in [0, 0.05) is 16.1 Å². The number of hydrogen-bond donors (Lipinski definition) is 2. The van der Waals surface area contributed by atoms with E-state index >= 15 is 0 Å². The first-order chi connectivity index (χ1) is 16.5. The molecule has 0 spiro atoms.